The van der Waals surface area contributed by atoms with Crippen molar-refractivity contribution >= 4 is 34.2 Å². The minimum atomic E-state index is -0.690. The lowest BCUT2D eigenvalue weighted by molar-refractivity contribution is 0.603. The van der Waals surface area contributed by atoms with Crippen molar-refractivity contribution in [2.45, 2.75) is 26.9 Å². The smallest absolute Gasteiger partial charge is 0.321 e. The SMILES string of the molecule is Cc1cc2nc3c(=O)[nH]c(=O)nc-3n(CCNCc3cc(Cl)ccc3Cl)c2cc1C. The highest BCUT2D eigenvalue weighted by molar-refractivity contribution is 6.33. The molecule has 0 radical (unpaired) electrons. The number of aromatic nitrogens is 4. The first-order chi connectivity index (χ1) is 14.3. The zero-order chi connectivity index (χ0) is 21.4. The zero-order valence-corrected chi connectivity index (χ0v) is 17.9. The highest BCUT2D eigenvalue weighted by atomic mass is 35.5. The van der Waals surface area contributed by atoms with Gasteiger partial charge in [0.1, 0.15) is 0 Å². The predicted molar refractivity (Wildman–Crippen MR) is 119 cm³/mol. The fourth-order valence-electron chi connectivity index (χ4n) is 3.37. The first-order valence-corrected chi connectivity index (χ1v) is 10.2. The van der Waals surface area contributed by atoms with Crippen LogP contribution in [0.5, 0.6) is 0 Å². The van der Waals surface area contributed by atoms with Gasteiger partial charge in [-0.25, -0.2) is 9.78 Å². The van der Waals surface area contributed by atoms with Gasteiger partial charge in [0.15, 0.2) is 11.5 Å². The summed E-state index contributed by atoms with van der Waals surface area (Å²) in [6, 6.07) is 9.25. The average molecular weight is 444 g/mol. The maximum absolute atomic E-state index is 12.3. The van der Waals surface area contributed by atoms with Gasteiger partial charge < -0.3 is 9.88 Å². The molecule has 2 aliphatic heterocycles. The lowest BCUT2D eigenvalue weighted by Gasteiger charge is -2.18. The van der Waals surface area contributed by atoms with Crippen molar-refractivity contribution in [3.63, 3.8) is 0 Å². The molecule has 30 heavy (non-hydrogen) atoms. The molecule has 0 aliphatic carbocycles. The average Bonchev–Trinajstić information content (AvgIpc) is 2.69. The molecule has 0 atom stereocenters. The Bertz CT molecular complexity index is 1350. The van der Waals surface area contributed by atoms with E-state index >= 15 is 0 Å². The molecule has 2 heterocycles. The van der Waals surface area contributed by atoms with Crippen molar-refractivity contribution in [2.75, 3.05) is 6.54 Å². The van der Waals surface area contributed by atoms with Crippen LogP contribution in [0.25, 0.3) is 22.6 Å². The van der Waals surface area contributed by atoms with Gasteiger partial charge in [-0.15, -0.1) is 0 Å². The van der Waals surface area contributed by atoms with Crippen LogP contribution in [0.4, 0.5) is 0 Å². The third-order valence-corrected chi connectivity index (χ3v) is 5.66. The Kier molecular flexibility index (Phi) is 5.60. The molecule has 0 spiro atoms. The molecule has 2 aliphatic rings. The second kappa shape index (κ2) is 8.18. The van der Waals surface area contributed by atoms with E-state index in [9.17, 15) is 9.59 Å². The van der Waals surface area contributed by atoms with E-state index in [4.69, 9.17) is 23.2 Å². The molecular weight excluding hydrogens is 425 g/mol. The van der Waals surface area contributed by atoms with E-state index in [1.54, 1.807) is 12.1 Å². The van der Waals surface area contributed by atoms with Crippen LogP contribution >= 0.6 is 23.2 Å². The van der Waals surface area contributed by atoms with Crippen molar-refractivity contribution < 1.29 is 0 Å². The van der Waals surface area contributed by atoms with Crippen LogP contribution in [0.1, 0.15) is 16.7 Å². The number of H-pyrrole nitrogens is 1. The zero-order valence-electron chi connectivity index (χ0n) is 16.4. The quantitative estimate of drug-likeness (QED) is 0.364. The van der Waals surface area contributed by atoms with E-state index in [1.165, 1.54) is 0 Å². The third kappa shape index (κ3) is 3.96. The van der Waals surface area contributed by atoms with E-state index in [0.717, 1.165) is 22.2 Å². The van der Waals surface area contributed by atoms with Crippen molar-refractivity contribution in [1.82, 2.24) is 24.8 Å². The molecule has 9 heteroatoms. The Balaban J connectivity index is 1.70. The van der Waals surface area contributed by atoms with Gasteiger partial charge in [-0.05, 0) is 60.9 Å². The molecule has 0 saturated carbocycles. The molecule has 4 rings (SSSR count). The molecule has 7 nitrogen and oxygen atoms in total. The fraction of sp³-hybridized carbons (Fsp3) is 0.238. The topological polar surface area (TPSA) is 92.7 Å². The molecule has 2 aromatic carbocycles. The Morgan fingerprint density at radius 2 is 1.83 bits per heavy atom. The number of aromatic amines is 1. The van der Waals surface area contributed by atoms with Gasteiger partial charge in [0.2, 0.25) is 0 Å². The normalized spacial score (nSPS) is 11.5. The molecule has 2 aromatic rings. The lowest BCUT2D eigenvalue weighted by Crippen LogP contribution is -2.30. The second-order valence-electron chi connectivity index (χ2n) is 7.14. The third-order valence-electron chi connectivity index (χ3n) is 5.06. The van der Waals surface area contributed by atoms with Crippen LogP contribution in [0, 0.1) is 13.8 Å². The Morgan fingerprint density at radius 1 is 1.07 bits per heavy atom. The minimum absolute atomic E-state index is 0.142. The first kappa shape index (κ1) is 20.5. The molecule has 0 aromatic heterocycles. The van der Waals surface area contributed by atoms with Gasteiger partial charge in [-0.2, -0.15) is 4.98 Å². The fourth-order valence-corrected chi connectivity index (χ4v) is 3.75. The molecule has 0 bridgehead atoms. The summed E-state index contributed by atoms with van der Waals surface area (Å²) in [7, 11) is 0. The van der Waals surface area contributed by atoms with Crippen LogP contribution in [-0.2, 0) is 13.1 Å². The number of nitrogens with zero attached hydrogens (tertiary/aromatic N) is 3. The number of hydrogen-bond donors (Lipinski definition) is 2. The van der Waals surface area contributed by atoms with Crippen molar-refractivity contribution in [3.05, 3.63) is 77.9 Å². The van der Waals surface area contributed by atoms with Crippen molar-refractivity contribution in [2.24, 2.45) is 0 Å². The number of fused-ring (bicyclic) bond motifs is 2. The highest BCUT2D eigenvalue weighted by Gasteiger charge is 2.19. The summed E-state index contributed by atoms with van der Waals surface area (Å²) < 4.78 is 1.85. The number of hydrogen-bond acceptors (Lipinski definition) is 5. The van der Waals surface area contributed by atoms with Crippen LogP contribution in [-0.4, -0.2) is 26.1 Å². The van der Waals surface area contributed by atoms with E-state index < -0.39 is 11.2 Å². The van der Waals surface area contributed by atoms with Crippen LogP contribution in [0.2, 0.25) is 10.0 Å². The van der Waals surface area contributed by atoms with Crippen molar-refractivity contribution in [1.29, 1.82) is 0 Å². The maximum atomic E-state index is 12.3. The number of halogens is 2. The molecule has 0 amide bonds. The molecule has 0 fully saturated rings. The maximum Gasteiger partial charge on any atom is 0.349 e. The van der Waals surface area contributed by atoms with Crippen LogP contribution in [0.15, 0.2) is 39.9 Å². The van der Waals surface area contributed by atoms with Crippen LogP contribution < -0.4 is 16.6 Å². The summed E-state index contributed by atoms with van der Waals surface area (Å²) in [6.07, 6.45) is 0. The summed E-state index contributed by atoms with van der Waals surface area (Å²) in [5.74, 6) is 0.266. The highest BCUT2D eigenvalue weighted by Crippen LogP contribution is 2.24. The summed E-state index contributed by atoms with van der Waals surface area (Å²) in [5, 5.41) is 4.58. The summed E-state index contributed by atoms with van der Waals surface area (Å²) in [5.41, 5.74) is 3.44. The van der Waals surface area contributed by atoms with Gasteiger partial charge in [-0.1, -0.05) is 23.2 Å². The Morgan fingerprint density at radius 3 is 2.63 bits per heavy atom. The van der Waals surface area contributed by atoms with Crippen LogP contribution in [0.3, 0.4) is 0 Å². The molecule has 2 N–H and O–H groups in total. The monoisotopic (exact) mass is 443 g/mol. The summed E-state index contributed by atoms with van der Waals surface area (Å²) in [4.78, 5) is 34.8. The molecule has 154 valence electrons. The summed E-state index contributed by atoms with van der Waals surface area (Å²) >= 11 is 12.3. The van der Waals surface area contributed by atoms with Crippen molar-refractivity contribution in [3.8, 4) is 11.5 Å². The van der Waals surface area contributed by atoms with E-state index in [2.05, 4.69) is 20.3 Å². The van der Waals surface area contributed by atoms with Gasteiger partial charge in [0, 0.05) is 29.7 Å². The summed E-state index contributed by atoms with van der Waals surface area (Å²) in [6.45, 7) is 5.56. The minimum Gasteiger partial charge on any atom is -0.321 e. The van der Waals surface area contributed by atoms with Gasteiger partial charge in [-0.3, -0.25) is 9.78 Å². The Hall–Kier alpha value is -2.74. The van der Waals surface area contributed by atoms with Gasteiger partial charge >= 0.3 is 5.69 Å². The molecule has 0 saturated heterocycles. The van der Waals surface area contributed by atoms with E-state index in [-0.39, 0.29) is 11.5 Å². The Labute approximate surface area is 182 Å². The standard InChI is InChI=1S/C21H19Cl2N5O2/c1-11-7-16-17(8-12(11)2)28(19-18(25-16)20(29)27-21(30)26-19)6-5-24-10-13-9-14(22)3-4-15(13)23/h3-4,7-9,24H,5-6,10H2,1-2H3,(H,27,29,30). The molecule has 0 unspecified atom stereocenters. The number of aryl methyl sites for hydroxylation is 2. The van der Waals surface area contributed by atoms with E-state index in [0.29, 0.717) is 35.2 Å². The lowest BCUT2D eigenvalue weighted by atomic mass is 10.1. The second-order valence-corrected chi connectivity index (χ2v) is 7.99. The molecular formula is C21H19Cl2N5O2. The number of benzene rings is 2. The first-order valence-electron chi connectivity index (χ1n) is 9.40. The van der Waals surface area contributed by atoms with Gasteiger partial charge in [0.25, 0.3) is 5.56 Å². The largest absolute Gasteiger partial charge is 0.349 e. The number of rotatable bonds is 5. The van der Waals surface area contributed by atoms with Gasteiger partial charge in [0.05, 0.1) is 11.0 Å². The predicted octanol–water partition coefficient (Wildman–Crippen LogP) is 3.30. The number of nitrogens with one attached hydrogen (secondary N) is 2. The van der Waals surface area contributed by atoms with E-state index in [1.807, 2.05) is 36.6 Å².